The molecule has 1 aliphatic carbocycles. The largest absolute Gasteiger partial charge is 0.0683 e. The highest BCUT2D eigenvalue weighted by Crippen LogP contribution is 2.26. The SMILES string of the molecule is CCCCCCCc1ccc2c(c1)CC(C)=C2. The summed E-state index contributed by atoms with van der Waals surface area (Å²) in [5.41, 5.74) is 6.01. The third-order valence-corrected chi connectivity index (χ3v) is 3.65. The smallest absolute Gasteiger partial charge is 0.00605 e. The molecule has 2 rings (SSSR count). The molecule has 0 bridgehead atoms. The highest BCUT2D eigenvalue weighted by molar-refractivity contribution is 5.63. The Balaban J connectivity index is 1.82. The lowest BCUT2D eigenvalue weighted by Gasteiger charge is -2.05. The van der Waals surface area contributed by atoms with Crippen LogP contribution in [0.3, 0.4) is 0 Å². The van der Waals surface area contributed by atoms with Crippen molar-refractivity contribution in [1.29, 1.82) is 0 Å². The molecule has 1 aliphatic rings. The maximum absolute atomic E-state index is 2.42. The van der Waals surface area contributed by atoms with E-state index in [1.807, 2.05) is 0 Å². The van der Waals surface area contributed by atoms with E-state index in [4.69, 9.17) is 0 Å². The van der Waals surface area contributed by atoms with Crippen LogP contribution in [-0.4, -0.2) is 0 Å². The van der Waals surface area contributed by atoms with E-state index in [1.165, 1.54) is 67.2 Å². The summed E-state index contributed by atoms with van der Waals surface area (Å²) >= 11 is 0. The molecule has 0 nitrogen and oxygen atoms in total. The predicted molar refractivity (Wildman–Crippen MR) is 76.3 cm³/mol. The Morgan fingerprint density at radius 3 is 2.71 bits per heavy atom. The van der Waals surface area contributed by atoms with Gasteiger partial charge < -0.3 is 0 Å². The molecule has 1 aromatic rings. The van der Waals surface area contributed by atoms with Gasteiger partial charge in [0.05, 0.1) is 0 Å². The van der Waals surface area contributed by atoms with Crippen molar-refractivity contribution in [2.24, 2.45) is 0 Å². The van der Waals surface area contributed by atoms with Crippen molar-refractivity contribution in [2.75, 3.05) is 0 Å². The molecule has 0 saturated heterocycles. The van der Waals surface area contributed by atoms with E-state index in [-0.39, 0.29) is 0 Å². The van der Waals surface area contributed by atoms with E-state index >= 15 is 0 Å². The van der Waals surface area contributed by atoms with E-state index in [0.29, 0.717) is 0 Å². The van der Waals surface area contributed by atoms with Crippen LogP contribution in [0.1, 0.15) is 62.6 Å². The van der Waals surface area contributed by atoms with Gasteiger partial charge in [0.15, 0.2) is 0 Å². The van der Waals surface area contributed by atoms with Crippen LogP contribution in [0.2, 0.25) is 0 Å². The van der Waals surface area contributed by atoms with E-state index in [9.17, 15) is 0 Å². The molecule has 0 unspecified atom stereocenters. The van der Waals surface area contributed by atoms with Crippen molar-refractivity contribution in [3.05, 3.63) is 40.5 Å². The molecule has 0 radical (unpaired) electrons. The summed E-state index contributed by atoms with van der Waals surface area (Å²) in [5, 5.41) is 0. The zero-order valence-corrected chi connectivity index (χ0v) is 11.3. The number of fused-ring (bicyclic) bond motifs is 1. The molecular formula is C17H24. The fourth-order valence-electron chi connectivity index (χ4n) is 2.66. The molecule has 0 heteroatoms. The van der Waals surface area contributed by atoms with E-state index in [2.05, 4.69) is 38.1 Å². The Bertz CT molecular complexity index is 398. The molecule has 0 N–H and O–H groups in total. The van der Waals surface area contributed by atoms with Crippen LogP contribution >= 0.6 is 0 Å². The quantitative estimate of drug-likeness (QED) is 0.590. The fourth-order valence-corrected chi connectivity index (χ4v) is 2.66. The van der Waals surface area contributed by atoms with Crippen molar-refractivity contribution in [1.82, 2.24) is 0 Å². The van der Waals surface area contributed by atoms with Crippen molar-refractivity contribution in [3.63, 3.8) is 0 Å². The highest BCUT2D eigenvalue weighted by Gasteiger charge is 2.09. The second-order valence-electron chi connectivity index (χ2n) is 5.36. The number of benzene rings is 1. The van der Waals surface area contributed by atoms with Gasteiger partial charge in [-0.25, -0.2) is 0 Å². The Morgan fingerprint density at radius 1 is 1.06 bits per heavy atom. The highest BCUT2D eigenvalue weighted by atomic mass is 14.1. The van der Waals surface area contributed by atoms with Gasteiger partial charge in [-0.2, -0.15) is 0 Å². The standard InChI is InChI=1S/C17H24/c1-3-4-5-6-7-8-15-9-10-16-11-14(2)12-17(16)13-15/h9-11,13H,3-8,12H2,1-2H3. The molecule has 92 valence electrons. The normalized spacial score (nSPS) is 13.6. The fraction of sp³-hybridized carbons (Fsp3) is 0.529. The van der Waals surface area contributed by atoms with Gasteiger partial charge in [0.1, 0.15) is 0 Å². The Kier molecular flexibility index (Phi) is 4.42. The van der Waals surface area contributed by atoms with Crippen molar-refractivity contribution < 1.29 is 0 Å². The Morgan fingerprint density at radius 2 is 1.88 bits per heavy atom. The summed E-state index contributed by atoms with van der Waals surface area (Å²) in [4.78, 5) is 0. The number of unbranched alkanes of at least 4 members (excludes halogenated alkanes) is 4. The predicted octanol–water partition coefficient (Wildman–Crippen LogP) is 5.16. The topological polar surface area (TPSA) is 0 Å². The molecule has 0 fully saturated rings. The van der Waals surface area contributed by atoms with E-state index in [0.717, 1.165) is 0 Å². The van der Waals surface area contributed by atoms with Crippen LogP contribution in [0.25, 0.3) is 6.08 Å². The monoisotopic (exact) mass is 228 g/mol. The first-order valence-corrected chi connectivity index (χ1v) is 7.08. The van der Waals surface area contributed by atoms with Gasteiger partial charge >= 0.3 is 0 Å². The van der Waals surface area contributed by atoms with Crippen LogP contribution < -0.4 is 0 Å². The summed E-state index contributed by atoms with van der Waals surface area (Å²) < 4.78 is 0. The Labute approximate surface area is 106 Å². The minimum Gasteiger partial charge on any atom is -0.0683 e. The minimum absolute atomic E-state index is 1.17. The summed E-state index contributed by atoms with van der Waals surface area (Å²) in [7, 11) is 0. The number of hydrogen-bond acceptors (Lipinski definition) is 0. The first-order chi connectivity index (χ1) is 8.29. The third kappa shape index (κ3) is 3.46. The number of aryl methyl sites for hydroxylation is 1. The second kappa shape index (κ2) is 6.05. The summed E-state index contributed by atoms with van der Waals surface area (Å²) in [6.45, 7) is 4.50. The van der Waals surface area contributed by atoms with Gasteiger partial charge in [-0.3, -0.25) is 0 Å². The maximum atomic E-state index is 2.42. The van der Waals surface area contributed by atoms with Crippen LogP contribution in [-0.2, 0) is 12.8 Å². The van der Waals surface area contributed by atoms with Crippen LogP contribution in [0.15, 0.2) is 23.8 Å². The molecule has 0 heterocycles. The van der Waals surface area contributed by atoms with Crippen molar-refractivity contribution in [2.45, 2.75) is 58.8 Å². The van der Waals surface area contributed by atoms with Gasteiger partial charge in [-0.15, -0.1) is 0 Å². The molecule has 0 saturated carbocycles. The molecule has 0 atom stereocenters. The van der Waals surface area contributed by atoms with Gasteiger partial charge in [0.2, 0.25) is 0 Å². The number of rotatable bonds is 6. The van der Waals surface area contributed by atoms with E-state index in [1.54, 1.807) is 0 Å². The summed E-state index contributed by atoms with van der Waals surface area (Å²) in [6.07, 6.45) is 11.6. The Hall–Kier alpha value is -1.04. The minimum atomic E-state index is 1.17. The maximum Gasteiger partial charge on any atom is -0.00605 e. The summed E-state index contributed by atoms with van der Waals surface area (Å²) in [5.74, 6) is 0. The van der Waals surface area contributed by atoms with Gasteiger partial charge in [0.25, 0.3) is 0 Å². The van der Waals surface area contributed by atoms with E-state index < -0.39 is 0 Å². The van der Waals surface area contributed by atoms with Gasteiger partial charge in [-0.1, -0.05) is 62.5 Å². The summed E-state index contributed by atoms with van der Waals surface area (Å²) in [6, 6.07) is 7.03. The number of allylic oxidation sites excluding steroid dienone is 1. The second-order valence-corrected chi connectivity index (χ2v) is 5.36. The van der Waals surface area contributed by atoms with Gasteiger partial charge in [-0.05, 0) is 42.9 Å². The first kappa shape index (κ1) is 12.4. The third-order valence-electron chi connectivity index (χ3n) is 3.65. The number of hydrogen-bond donors (Lipinski definition) is 0. The van der Waals surface area contributed by atoms with Crippen molar-refractivity contribution in [3.8, 4) is 0 Å². The lowest BCUT2D eigenvalue weighted by atomic mass is 10.0. The molecule has 17 heavy (non-hydrogen) atoms. The van der Waals surface area contributed by atoms with Gasteiger partial charge in [0, 0.05) is 0 Å². The molecule has 0 aliphatic heterocycles. The zero-order valence-electron chi connectivity index (χ0n) is 11.3. The molecule has 0 aromatic heterocycles. The molecule has 0 amide bonds. The molecule has 0 spiro atoms. The first-order valence-electron chi connectivity index (χ1n) is 7.08. The van der Waals surface area contributed by atoms with Crippen LogP contribution in [0, 0.1) is 0 Å². The lowest BCUT2D eigenvalue weighted by molar-refractivity contribution is 0.632. The van der Waals surface area contributed by atoms with Crippen LogP contribution in [0.4, 0.5) is 0 Å². The lowest BCUT2D eigenvalue weighted by Crippen LogP contribution is -1.90. The zero-order chi connectivity index (χ0) is 12.1. The average molecular weight is 228 g/mol. The molecular weight excluding hydrogens is 204 g/mol. The molecule has 1 aromatic carbocycles. The van der Waals surface area contributed by atoms with Crippen LogP contribution in [0.5, 0.6) is 0 Å². The average Bonchev–Trinajstić information content (AvgIpc) is 2.68. The van der Waals surface area contributed by atoms with Crippen molar-refractivity contribution >= 4 is 6.08 Å².